The molecule has 0 saturated carbocycles. The summed E-state index contributed by atoms with van der Waals surface area (Å²) in [6.07, 6.45) is 2.19. The molecule has 1 aromatic heterocycles. The average Bonchev–Trinajstić information content (AvgIpc) is 2.74. The fraction of sp³-hybridized carbons (Fsp3) is 0.545. The third-order valence-corrected chi connectivity index (χ3v) is 3.81. The molecule has 0 spiro atoms. The molecule has 1 aliphatic heterocycles. The molecule has 1 saturated heterocycles. The van der Waals surface area contributed by atoms with Crippen molar-refractivity contribution < 1.29 is 9.53 Å². The van der Waals surface area contributed by atoms with Crippen LogP contribution in [0.3, 0.4) is 0 Å². The number of piperidine rings is 1. The van der Waals surface area contributed by atoms with Gasteiger partial charge in [0.15, 0.2) is 0 Å². The predicted octanol–water partition coefficient (Wildman–Crippen LogP) is 1.58. The van der Waals surface area contributed by atoms with Crippen molar-refractivity contribution in [3.05, 3.63) is 16.3 Å². The quantitative estimate of drug-likeness (QED) is 0.854. The standard InChI is InChI=1S/C11H16N2O2S/c1-15-8-3-2-5-13(7-8)11(14)10-9(12)4-6-16-10/h4,6,8H,2-3,5,7,12H2,1H3. The highest BCUT2D eigenvalue weighted by Gasteiger charge is 2.25. The maximum absolute atomic E-state index is 12.1. The Kier molecular flexibility index (Phi) is 3.46. The molecule has 1 fully saturated rings. The van der Waals surface area contributed by atoms with Crippen LogP contribution in [-0.4, -0.2) is 37.1 Å². The monoisotopic (exact) mass is 240 g/mol. The van der Waals surface area contributed by atoms with Crippen LogP contribution in [0.4, 0.5) is 5.69 Å². The molecule has 0 bridgehead atoms. The lowest BCUT2D eigenvalue weighted by Crippen LogP contribution is -2.42. The first-order chi connectivity index (χ1) is 7.72. The summed E-state index contributed by atoms with van der Waals surface area (Å²) in [4.78, 5) is 14.6. The molecule has 0 aromatic carbocycles. The minimum Gasteiger partial charge on any atom is -0.397 e. The van der Waals surface area contributed by atoms with E-state index in [4.69, 9.17) is 10.5 Å². The molecular weight excluding hydrogens is 224 g/mol. The second-order valence-electron chi connectivity index (χ2n) is 3.96. The maximum Gasteiger partial charge on any atom is 0.266 e. The number of likely N-dealkylation sites (tertiary alicyclic amines) is 1. The molecule has 2 heterocycles. The first kappa shape index (κ1) is 11.4. The maximum atomic E-state index is 12.1. The third-order valence-electron chi connectivity index (χ3n) is 2.89. The molecule has 1 unspecified atom stereocenters. The van der Waals surface area contributed by atoms with Gasteiger partial charge < -0.3 is 15.4 Å². The molecule has 0 aliphatic carbocycles. The number of anilines is 1. The number of methoxy groups -OCH3 is 1. The molecule has 2 N–H and O–H groups in total. The second-order valence-corrected chi connectivity index (χ2v) is 4.87. The number of thiophene rings is 1. The Morgan fingerprint density at radius 3 is 3.12 bits per heavy atom. The summed E-state index contributed by atoms with van der Waals surface area (Å²) in [7, 11) is 1.69. The molecule has 1 atom stereocenters. The van der Waals surface area contributed by atoms with E-state index >= 15 is 0 Å². The predicted molar refractivity (Wildman–Crippen MR) is 64.7 cm³/mol. The van der Waals surface area contributed by atoms with Crippen LogP contribution in [0.2, 0.25) is 0 Å². The Bertz CT molecular complexity index is 378. The number of carbonyl (C=O) groups excluding carboxylic acids is 1. The molecule has 1 amide bonds. The van der Waals surface area contributed by atoms with Gasteiger partial charge in [-0.2, -0.15) is 0 Å². The molecule has 88 valence electrons. The van der Waals surface area contributed by atoms with Crippen LogP contribution in [-0.2, 0) is 4.74 Å². The van der Waals surface area contributed by atoms with Gasteiger partial charge in [-0.3, -0.25) is 4.79 Å². The van der Waals surface area contributed by atoms with Gasteiger partial charge >= 0.3 is 0 Å². The second kappa shape index (κ2) is 4.84. The average molecular weight is 240 g/mol. The van der Waals surface area contributed by atoms with Crippen molar-refractivity contribution in [2.75, 3.05) is 25.9 Å². The smallest absolute Gasteiger partial charge is 0.266 e. The molecule has 1 aromatic rings. The van der Waals surface area contributed by atoms with E-state index in [1.54, 1.807) is 13.2 Å². The number of nitrogens with zero attached hydrogens (tertiary/aromatic N) is 1. The number of nitrogens with two attached hydrogens (primary N) is 1. The summed E-state index contributed by atoms with van der Waals surface area (Å²) in [5.41, 5.74) is 6.33. The SMILES string of the molecule is COC1CCCN(C(=O)c2sccc2N)C1. The van der Waals surface area contributed by atoms with E-state index in [1.807, 2.05) is 10.3 Å². The zero-order chi connectivity index (χ0) is 11.5. The van der Waals surface area contributed by atoms with Crippen molar-refractivity contribution in [1.82, 2.24) is 4.90 Å². The van der Waals surface area contributed by atoms with Crippen LogP contribution in [0.25, 0.3) is 0 Å². The summed E-state index contributed by atoms with van der Waals surface area (Å²) in [5.74, 6) is 0.0363. The highest BCUT2D eigenvalue weighted by atomic mass is 32.1. The van der Waals surface area contributed by atoms with Gasteiger partial charge in [-0.15, -0.1) is 11.3 Å². The number of rotatable bonds is 2. The molecule has 5 heteroatoms. The molecule has 16 heavy (non-hydrogen) atoms. The number of hydrogen-bond acceptors (Lipinski definition) is 4. The lowest BCUT2D eigenvalue weighted by molar-refractivity contribution is 0.0272. The normalized spacial score (nSPS) is 21.1. The van der Waals surface area contributed by atoms with Gasteiger partial charge in [0.05, 0.1) is 11.8 Å². The van der Waals surface area contributed by atoms with Crippen molar-refractivity contribution in [3.63, 3.8) is 0 Å². The van der Waals surface area contributed by atoms with E-state index in [1.165, 1.54) is 11.3 Å². The minimum atomic E-state index is 0.0363. The molecule has 4 nitrogen and oxygen atoms in total. The number of nitrogen functional groups attached to an aromatic ring is 1. The Morgan fingerprint density at radius 1 is 1.69 bits per heavy atom. The molecule has 1 aliphatic rings. The Balaban J connectivity index is 2.07. The van der Waals surface area contributed by atoms with Crippen molar-refractivity contribution >= 4 is 22.9 Å². The van der Waals surface area contributed by atoms with E-state index in [0.717, 1.165) is 19.4 Å². The van der Waals surface area contributed by atoms with E-state index in [9.17, 15) is 4.79 Å². The van der Waals surface area contributed by atoms with Crippen LogP contribution in [0.5, 0.6) is 0 Å². The largest absolute Gasteiger partial charge is 0.397 e. The third kappa shape index (κ3) is 2.20. The van der Waals surface area contributed by atoms with Gasteiger partial charge in [0, 0.05) is 20.2 Å². The van der Waals surface area contributed by atoms with Gasteiger partial charge in [0.1, 0.15) is 4.88 Å². The zero-order valence-corrected chi connectivity index (χ0v) is 10.1. The summed E-state index contributed by atoms with van der Waals surface area (Å²) < 4.78 is 5.30. The number of hydrogen-bond donors (Lipinski definition) is 1. The van der Waals surface area contributed by atoms with E-state index in [-0.39, 0.29) is 12.0 Å². The lowest BCUT2D eigenvalue weighted by atomic mass is 10.1. The first-order valence-electron chi connectivity index (χ1n) is 5.37. The lowest BCUT2D eigenvalue weighted by Gasteiger charge is -2.31. The highest BCUT2D eigenvalue weighted by Crippen LogP contribution is 2.23. The first-order valence-corrected chi connectivity index (χ1v) is 6.25. The fourth-order valence-corrected chi connectivity index (χ4v) is 2.74. The summed E-state index contributed by atoms with van der Waals surface area (Å²) >= 11 is 1.40. The summed E-state index contributed by atoms with van der Waals surface area (Å²) in [5, 5.41) is 1.85. The van der Waals surface area contributed by atoms with Crippen LogP contribution in [0, 0.1) is 0 Å². The number of ether oxygens (including phenoxy) is 1. The van der Waals surface area contributed by atoms with E-state index in [0.29, 0.717) is 17.1 Å². The highest BCUT2D eigenvalue weighted by molar-refractivity contribution is 7.12. The van der Waals surface area contributed by atoms with Crippen molar-refractivity contribution in [2.45, 2.75) is 18.9 Å². The van der Waals surface area contributed by atoms with Gasteiger partial charge in [-0.25, -0.2) is 0 Å². The molecule has 0 radical (unpaired) electrons. The van der Waals surface area contributed by atoms with E-state index < -0.39 is 0 Å². The fourth-order valence-electron chi connectivity index (χ4n) is 1.95. The Hall–Kier alpha value is -1.07. The summed E-state index contributed by atoms with van der Waals surface area (Å²) in [6.45, 7) is 1.47. The molecular formula is C11H16N2O2S. The van der Waals surface area contributed by atoms with Crippen molar-refractivity contribution in [3.8, 4) is 0 Å². The number of carbonyl (C=O) groups is 1. The van der Waals surface area contributed by atoms with Gasteiger partial charge in [-0.05, 0) is 24.3 Å². The van der Waals surface area contributed by atoms with Crippen molar-refractivity contribution in [1.29, 1.82) is 0 Å². The van der Waals surface area contributed by atoms with Gasteiger partial charge in [0.25, 0.3) is 5.91 Å². The summed E-state index contributed by atoms with van der Waals surface area (Å²) in [6, 6.07) is 1.77. The molecule has 2 rings (SSSR count). The van der Waals surface area contributed by atoms with Gasteiger partial charge in [-0.1, -0.05) is 0 Å². The Labute approximate surface area is 99.0 Å². The van der Waals surface area contributed by atoms with E-state index in [2.05, 4.69) is 0 Å². The van der Waals surface area contributed by atoms with Crippen LogP contribution in [0.1, 0.15) is 22.5 Å². The van der Waals surface area contributed by atoms with Crippen LogP contribution in [0.15, 0.2) is 11.4 Å². The van der Waals surface area contributed by atoms with Gasteiger partial charge in [0.2, 0.25) is 0 Å². The van der Waals surface area contributed by atoms with Crippen molar-refractivity contribution in [2.24, 2.45) is 0 Å². The Morgan fingerprint density at radius 2 is 2.50 bits per heavy atom. The topological polar surface area (TPSA) is 55.6 Å². The van der Waals surface area contributed by atoms with Crippen LogP contribution < -0.4 is 5.73 Å². The number of amides is 1. The minimum absolute atomic E-state index is 0.0363. The van der Waals surface area contributed by atoms with Crippen LogP contribution >= 0.6 is 11.3 Å². The zero-order valence-electron chi connectivity index (χ0n) is 9.31.